The van der Waals surface area contributed by atoms with Gasteiger partial charge in [-0.15, -0.1) is 0 Å². The van der Waals surface area contributed by atoms with Gasteiger partial charge in [-0.1, -0.05) is 0 Å². The minimum absolute atomic E-state index is 0.0980. The van der Waals surface area contributed by atoms with Crippen molar-refractivity contribution in [2.75, 3.05) is 0 Å². The second kappa shape index (κ2) is 3.29. The number of esters is 1. The number of aliphatic hydroxyl groups is 1. The van der Waals surface area contributed by atoms with Crippen LogP contribution < -0.4 is 0 Å². The molecule has 0 aromatic heterocycles. The highest BCUT2D eigenvalue weighted by Crippen LogP contribution is 2.45. The minimum Gasteiger partial charge on any atom is -0.460 e. The molecule has 2 aliphatic carbocycles. The molecule has 0 radical (unpaired) electrons. The normalized spacial score (nSPS) is 39.1. The fraction of sp³-hybridized carbons (Fsp3) is 0.900. The largest absolute Gasteiger partial charge is 0.460 e. The van der Waals surface area contributed by atoms with E-state index in [0.29, 0.717) is 5.92 Å². The van der Waals surface area contributed by atoms with Gasteiger partial charge in [0.15, 0.2) is 0 Å². The Bertz CT molecular complexity index is 212. The van der Waals surface area contributed by atoms with Gasteiger partial charge in [0.2, 0.25) is 0 Å². The molecule has 0 heterocycles. The van der Waals surface area contributed by atoms with Crippen LogP contribution in [0.4, 0.5) is 0 Å². The lowest BCUT2D eigenvalue weighted by Crippen LogP contribution is -2.29. The summed E-state index contributed by atoms with van der Waals surface area (Å²) in [5, 5.41) is 8.98. The summed E-state index contributed by atoms with van der Waals surface area (Å²) in [4.78, 5) is 11.1. The van der Waals surface area contributed by atoms with Crippen LogP contribution in [0.2, 0.25) is 0 Å². The van der Waals surface area contributed by atoms with Crippen LogP contribution in [0.1, 0.15) is 32.6 Å². The van der Waals surface area contributed by atoms with Crippen LogP contribution in [0, 0.1) is 11.8 Å². The number of hydrogen-bond donors (Lipinski definition) is 1. The SMILES string of the molecule is CC(O)C(=O)O[C@@H]1C[C@H]2CC[C@@H]1C2. The lowest BCUT2D eigenvalue weighted by atomic mass is 9.98. The molecule has 2 bridgehead atoms. The summed E-state index contributed by atoms with van der Waals surface area (Å²) in [6.45, 7) is 1.45. The van der Waals surface area contributed by atoms with Crippen molar-refractivity contribution >= 4 is 5.97 Å². The van der Waals surface area contributed by atoms with E-state index in [4.69, 9.17) is 9.84 Å². The number of carbonyl (C=O) groups is 1. The van der Waals surface area contributed by atoms with Crippen molar-refractivity contribution in [3.63, 3.8) is 0 Å². The zero-order valence-corrected chi connectivity index (χ0v) is 7.90. The zero-order valence-electron chi connectivity index (χ0n) is 7.90. The lowest BCUT2D eigenvalue weighted by Gasteiger charge is -2.22. The van der Waals surface area contributed by atoms with Gasteiger partial charge in [0.25, 0.3) is 0 Å². The van der Waals surface area contributed by atoms with E-state index in [0.717, 1.165) is 12.3 Å². The van der Waals surface area contributed by atoms with Crippen molar-refractivity contribution in [3.8, 4) is 0 Å². The molecule has 0 spiro atoms. The number of carbonyl (C=O) groups excluding carboxylic acids is 1. The standard InChI is InChI=1S/C10H16O3/c1-6(11)10(12)13-9-5-7-2-3-8(9)4-7/h6-9,11H,2-5H2,1H3/t6?,7-,8+,9+/m0/s1. The summed E-state index contributed by atoms with van der Waals surface area (Å²) >= 11 is 0. The Morgan fingerprint density at radius 1 is 1.46 bits per heavy atom. The molecule has 2 saturated carbocycles. The van der Waals surface area contributed by atoms with E-state index >= 15 is 0 Å². The highest BCUT2D eigenvalue weighted by atomic mass is 16.6. The molecule has 4 atom stereocenters. The Balaban J connectivity index is 1.86. The summed E-state index contributed by atoms with van der Waals surface area (Å²) < 4.78 is 5.22. The second-order valence-corrected chi connectivity index (χ2v) is 4.33. The summed E-state index contributed by atoms with van der Waals surface area (Å²) in [6.07, 6.45) is 3.86. The van der Waals surface area contributed by atoms with Crippen LogP contribution in [-0.4, -0.2) is 23.3 Å². The van der Waals surface area contributed by atoms with Gasteiger partial charge in [-0.05, 0) is 44.4 Å². The van der Waals surface area contributed by atoms with Crippen LogP contribution in [-0.2, 0) is 9.53 Å². The van der Waals surface area contributed by atoms with E-state index in [1.807, 2.05) is 0 Å². The first-order valence-corrected chi connectivity index (χ1v) is 5.05. The van der Waals surface area contributed by atoms with Crippen LogP contribution in [0.15, 0.2) is 0 Å². The molecule has 3 heteroatoms. The van der Waals surface area contributed by atoms with Gasteiger partial charge in [-0.2, -0.15) is 0 Å². The Kier molecular flexibility index (Phi) is 2.28. The topological polar surface area (TPSA) is 46.5 Å². The van der Waals surface area contributed by atoms with Crippen molar-refractivity contribution in [1.29, 1.82) is 0 Å². The van der Waals surface area contributed by atoms with Gasteiger partial charge < -0.3 is 9.84 Å². The van der Waals surface area contributed by atoms with Crippen LogP contribution in [0.5, 0.6) is 0 Å². The molecule has 13 heavy (non-hydrogen) atoms. The molecule has 74 valence electrons. The number of fused-ring (bicyclic) bond motifs is 2. The molecule has 2 rings (SSSR count). The number of rotatable bonds is 2. The van der Waals surface area contributed by atoms with Gasteiger partial charge in [-0.3, -0.25) is 0 Å². The van der Waals surface area contributed by atoms with Gasteiger partial charge >= 0.3 is 5.97 Å². The molecule has 0 aromatic rings. The number of ether oxygens (including phenoxy) is 1. The Labute approximate surface area is 78.1 Å². The van der Waals surface area contributed by atoms with Crippen LogP contribution >= 0.6 is 0 Å². The van der Waals surface area contributed by atoms with Crippen molar-refractivity contribution in [2.45, 2.75) is 44.8 Å². The van der Waals surface area contributed by atoms with Crippen LogP contribution in [0.25, 0.3) is 0 Å². The molecule has 1 unspecified atom stereocenters. The third-order valence-corrected chi connectivity index (χ3v) is 3.28. The maximum Gasteiger partial charge on any atom is 0.334 e. The zero-order chi connectivity index (χ0) is 9.42. The number of aliphatic hydroxyl groups excluding tert-OH is 1. The first-order chi connectivity index (χ1) is 6.16. The smallest absolute Gasteiger partial charge is 0.334 e. The predicted molar refractivity (Wildman–Crippen MR) is 47.0 cm³/mol. The predicted octanol–water partition coefficient (Wildman–Crippen LogP) is 1.10. The maximum absolute atomic E-state index is 11.1. The van der Waals surface area contributed by atoms with Gasteiger partial charge in [-0.25, -0.2) is 4.79 Å². The minimum atomic E-state index is -0.973. The van der Waals surface area contributed by atoms with Crippen molar-refractivity contribution in [2.24, 2.45) is 11.8 Å². The fourth-order valence-electron chi connectivity index (χ4n) is 2.58. The Morgan fingerprint density at radius 3 is 2.69 bits per heavy atom. The summed E-state index contributed by atoms with van der Waals surface area (Å²) in [5.41, 5.74) is 0. The Morgan fingerprint density at radius 2 is 2.23 bits per heavy atom. The van der Waals surface area contributed by atoms with E-state index in [9.17, 15) is 4.79 Å². The lowest BCUT2D eigenvalue weighted by molar-refractivity contribution is -0.160. The average Bonchev–Trinajstić information content (AvgIpc) is 2.64. The van der Waals surface area contributed by atoms with Crippen molar-refractivity contribution < 1.29 is 14.6 Å². The quantitative estimate of drug-likeness (QED) is 0.654. The average molecular weight is 184 g/mol. The maximum atomic E-state index is 11.1. The van der Waals surface area contributed by atoms with E-state index in [-0.39, 0.29) is 6.10 Å². The molecule has 2 aliphatic rings. The summed E-state index contributed by atoms with van der Waals surface area (Å²) in [5.74, 6) is 0.891. The van der Waals surface area contributed by atoms with Gasteiger partial charge in [0.1, 0.15) is 12.2 Å². The third kappa shape index (κ3) is 1.70. The van der Waals surface area contributed by atoms with Crippen LogP contribution in [0.3, 0.4) is 0 Å². The third-order valence-electron chi connectivity index (χ3n) is 3.28. The highest BCUT2D eigenvalue weighted by Gasteiger charge is 2.41. The van der Waals surface area contributed by atoms with E-state index in [1.165, 1.54) is 26.2 Å². The molecular weight excluding hydrogens is 168 g/mol. The second-order valence-electron chi connectivity index (χ2n) is 4.33. The molecule has 1 N–H and O–H groups in total. The first-order valence-electron chi connectivity index (χ1n) is 5.05. The van der Waals surface area contributed by atoms with E-state index in [1.54, 1.807) is 0 Å². The van der Waals surface area contributed by atoms with E-state index < -0.39 is 12.1 Å². The van der Waals surface area contributed by atoms with E-state index in [2.05, 4.69) is 0 Å². The highest BCUT2D eigenvalue weighted by molar-refractivity contribution is 5.74. The summed E-state index contributed by atoms with van der Waals surface area (Å²) in [7, 11) is 0. The Hall–Kier alpha value is -0.570. The molecule has 0 aliphatic heterocycles. The molecular formula is C10H16O3. The molecule has 0 amide bonds. The van der Waals surface area contributed by atoms with Crippen molar-refractivity contribution in [1.82, 2.24) is 0 Å². The monoisotopic (exact) mass is 184 g/mol. The molecule has 0 saturated heterocycles. The molecule has 3 nitrogen and oxygen atoms in total. The number of hydrogen-bond acceptors (Lipinski definition) is 3. The first kappa shape index (κ1) is 9.00. The van der Waals surface area contributed by atoms with Gasteiger partial charge in [0, 0.05) is 0 Å². The van der Waals surface area contributed by atoms with Crippen molar-refractivity contribution in [3.05, 3.63) is 0 Å². The molecule has 0 aromatic carbocycles. The van der Waals surface area contributed by atoms with Gasteiger partial charge in [0.05, 0.1) is 0 Å². The fourth-order valence-corrected chi connectivity index (χ4v) is 2.58. The molecule has 2 fully saturated rings. The summed E-state index contributed by atoms with van der Waals surface area (Å²) in [6, 6.07) is 0.